The third-order valence-corrected chi connectivity index (χ3v) is 8.97. The lowest BCUT2D eigenvalue weighted by Gasteiger charge is -2.31. The molecule has 6 atom stereocenters. The van der Waals surface area contributed by atoms with Crippen molar-refractivity contribution in [3.05, 3.63) is 87.9 Å². The van der Waals surface area contributed by atoms with Gasteiger partial charge in [0.2, 0.25) is 10.9 Å². The minimum Gasteiger partial charge on any atom is -0.479 e. The van der Waals surface area contributed by atoms with Crippen LogP contribution in [-0.4, -0.2) is 69.7 Å². The number of nitrogens with zero attached hydrogens (tertiary/aromatic N) is 5. The number of aliphatic hydroxyl groups excluding tert-OH is 1. The maximum absolute atomic E-state index is 13.1. The van der Waals surface area contributed by atoms with Gasteiger partial charge in [-0.3, -0.25) is 4.57 Å². The van der Waals surface area contributed by atoms with Crippen LogP contribution in [0, 0.1) is 6.92 Å². The molecular formula is C29H25ClN6O6S. The second-order valence-corrected chi connectivity index (χ2v) is 12.0. The van der Waals surface area contributed by atoms with E-state index in [2.05, 4.69) is 19.9 Å². The normalized spacial score (nSPS) is 25.9. The van der Waals surface area contributed by atoms with Crippen molar-refractivity contribution >= 4 is 45.9 Å². The number of imidazole rings is 1. The van der Waals surface area contributed by atoms with Crippen LogP contribution < -0.4 is 5.73 Å². The highest BCUT2D eigenvalue weighted by Crippen LogP contribution is 2.57. The quantitative estimate of drug-likeness (QED) is 0.187. The molecule has 220 valence electrons. The second kappa shape index (κ2) is 10.0. The Morgan fingerprint density at radius 1 is 1.16 bits per heavy atom. The standard InChI is InChI=1S/C29H25ClN6O6S/c1-14-33-18(12-43-14)28(26(38)39,11-15-7-9-17(10-8-15)16-5-3-2-4-6-16)42-22-21-29(22,40)20(37)25(41-21)36-13-32-19-23(31)34-27(30)35-24(19)36/h2-10,12-13,20-22,25,37,40H,11H2,1H3,(H,38,39)(H2,31,34,35)/t20-,21+,22?,25+,28-,29-/m0/s1. The smallest absolute Gasteiger partial charge is 0.342 e. The molecule has 7 rings (SSSR count). The second-order valence-electron chi connectivity index (χ2n) is 10.6. The van der Waals surface area contributed by atoms with Gasteiger partial charge < -0.3 is 30.5 Å². The average molecular weight is 621 g/mol. The Hall–Kier alpha value is -3.98. The van der Waals surface area contributed by atoms with Crippen molar-refractivity contribution in [1.29, 1.82) is 0 Å². The fourth-order valence-corrected chi connectivity index (χ4v) is 6.55. The van der Waals surface area contributed by atoms with E-state index in [9.17, 15) is 20.1 Å². The number of hydrogen-bond donors (Lipinski definition) is 4. The summed E-state index contributed by atoms with van der Waals surface area (Å²) in [5.41, 5.74) is 5.36. The summed E-state index contributed by atoms with van der Waals surface area (Å²) in [7, 11) is 0. The first-order valence-corrected chi connectivity index (χ1v) is 14.6. The summed E-state index contributed by atoms with van der Waals surface area (Å²) in [5, 5.41) is 35.6. The molecule has 4 heterocycles. The van der Waals surface area contributed by atoms with Crippen molar-refractivity contribution in [3.63, 3.8) is 0 Å². The molecule has 0 radical (unpaired) electrons. The summed E-state index contributed by atoms with van der Waals surface area (Å²) in [5.74, 6) is -1.24. The van der Waals surface area contributed by atoms with E-state index >= 15 is 0 Å². The molecule has 2 fully saturated rings. The molecule has 2 aromatic carbocycles. The minimum atomic E-state index is -1.97. The molecule has 5 N–H and O–H groups in total. The summed E-state index contributed by atoms with van der Waals surface area (Å²) in [6, 6.07) is 17.3. The molecule has 14 heteroatoms. The van der Waals surface area contributed by atoms with Gasteiger partial charge in [0.05, 0.1) is 17.0 Å². The number of rotatable bonds is 8. The van der Waals surface area contributed by atoms with Crippen LogP contribution in [0.2, 0.25) is 5.28 Å². The lowest BCUT2D eigenvalue weighted by atomic mass is 9.90. The molecule has 1 saturated carbocycles. The van der Waals surface area contributed by atoms with Crippen LogP contribution in [0.25, 0.3) is 22.3 Å². The Morgan fingerprint density at radius 3 is 2.51 bits per heavy atom. The van der Waals surface area contributed by atoms with Crippen LogP contribution >= 0.6 is 22.9 Å². The first-order valence-electron chi connectivity index (χ1n) is 13.3. The summed E-state index contributed by atoms with van der Waals surface area (Å²) in [6.07, 6.45) is -3.58. The van der Waals surface area contributed by atoms with Gasteiger partial charge in [-0.05, 0) is 35.2 Å². The largest absolute Gasteiger partial charge is 0.479 e. The van der Waals surface area contributed by atoms with E-state index in [1.165, 1.54) is 22.2 Å². The number of fused-ring (bicyclic) bond motifs is 2. The van der Waals surface area contributed by atoms with E-state index in [0.29, 0.717) is 10.6 Å². The number of benzene rings is 2. The van der Waals surface area contributed by atoms with Crippen molar-refractivity contribution < 1.29 is 29.6 Å². The zero-order chi connectivity index (χ0) is 30.1. The van der Waals surface area contributed by atoms with E-state index in [4.69, 9.17) is 26.8 Å². The first kappa shape index (κ1) is 27.8. The monoisotopic (exact) mass is 620 g/mol. The number of carbonyl (C=O) groups is 1. The third kappa shape index (κ3) is 4.39. The molecule has 2 aliphatic rings. The Kier molecular flexibility index (Phi) is 6.50. The summed E-state index contributed by atoms with van der Waals surface area (Å²) in [6.45, 7) is 1.77. The van der Waals surface area contributed by atoms with Gasteiger partial charge in [0.25, 0.3) is 0 Å². The van der Waals surface area contributed by atoms with E-state index in [0.717, 1.165) is 11.1 Å². The molecule has 0 amide bonds. The number of nitrogen functional groups attached to an aromatic ring is 1. The Labute approximate surface area is 253 Å². The number of aromatic nitrogens is 5. The number of carboxylic acid groups (broad SMARTS) is 1. The Bertz CT molecular complexity index is 1850. The predicted molar refractivity (Wildman–Crippen MR) is 156 cm³/mol. The highest BCUT2D eigenvalue weighted by atomic mass is 35.5. The van der Waals surface area contributed by atoms with E-state index in [-0.39, 0.29) is 34.4 Å². The van der Waals surface area contributed by atoms with E-state index in [1.54, 1.807) is 12.3 Å². The van der Waals surface area contributed by atoms with Crippen molar-refractivity contribution in [1.82, 2.24) is 24.5 Å². The Morgan fingerprint density at radius 2 is 1.88 bits per heavy atom. The molecule has 12 nitrogen and oxygen atoms in total. The number of halogens is 1. The average Bonchev–Trinajstić information content (AvgIpc) is 3.40. The van der Waals surface area contributed by atoms with Crippen molar-refractivity contribution in [2.24, 2.45) is 0 Å². The molecule has 5 aromatic rings. The van der Waals surface area contributed by atoms with Crippen LogP contribution in [-0.2, 0) is 26.3 Å². The molecule has 0 spiro atoms. The SMILES string of the molecule is Cc1nc([C@](Cc2ccc(-c3ccccc3)cc2)(OC2[C@H]3O[C@@H](n4cnc5c(N)nc(Cl)nc54)[C@H](O)[C@@]23O)C(=O)O)cs1. The van der Waals surface area contributed by atoms with Crippen LogP contribution in [0.4, 0.5) is 5.82 Å². The fourth-order valence-electron chi connectivity index (χ4n) is 5.70. The van der Waals surface area contributed by atoms with Crippen LogP contribution in [0.3, 0.4) is 0 Å². The number of aliphatic carboxylic acids is 1. The van der Waals surface area contributed by atoms with Gasteiger partial charge in [-0.2, -0.15) is 9.97 Å². The fraction of sp³-hybridized carbons (Fsp3) is 0.276. The number of nitrogens with two attached hydrogens (primary N) is 1. The van der Waals surface area contributed by atoms with Crippen LogP contribution in [0.1, 0.15) is 22.5 Å². The van der Waals surface area contributed by atoms with Gasteiger partial charge in [-0.1, -0.05) is 54.6 Å². The number of carboxylic acids is 1. The molecule has 3 aromatic heterocycles. The third-order valence-electron chi connectivity index (χ3n) is 8.02. The predicted octanol–water partition coefficient (Wildman–Crippen LogP) is 3.10. The van der Waals surface area contributed by atoms with Gasteiger partial charge in [0.1, 0.15) is 23.8 Å². The Balaban J connectivity index is 1.19. The molecule has 1 aliphatic heterocycles. The molecule has 0 bridgehead atoms. The van der Waals surface area contributed by atoms with Gasteiger partial charge in [-0.25, -0.2) is 14.8 Å². The molecule has 1 saturated heterocycles. The van der Waals surface area contributed by atoms with Gasteiger partial charge in [-0.15, -0.1) is 11.3 Å². The summed E-state index contributed by atoms with van der Waals surface area (Å²) >= 11 is 7.26. The lowest BCUT2D eigenvalue weighted by molar-refractivity contribution is -0.186. The molecule has 1 aliphatic carbocycles. The zero-order valence-corrected chi connectivity index (χ0v) is 24.1. The summed E-state index contributed by atoms with van der Waals surface area (Å²) in [4.78, 5) is 29.7. The van der Waals surface area contributed by atoms with Crippen molar-refractivity contribution in [2.45, 2.75) is 49.1 Å². The number of thiazole rings is 1. The van der Waals surface area contributed by atoms with Crippen LogP contribution in [0.15, 0.2) is 66.3 Å². The molecular weight excluding hydrogens is 596 g/mol. The number of ether oxygens (including phenoxy) is 2. The number of aliphatic hydroxyl groups is 2. The van der Waals surface area contributed by atoms with Crippen molar-refractivity contribution in [2.75, 3.05) is 5.73 Å². The van der Waals surface area contributed by atoms with E-state index in [1.807, 2.05) is 54.6 Å². The highest BCUT2D eigenvalue weighted by Gasteiger charge is 2.79. The van der Waals surface area contributed by atoms with Crippen LogP contribution in [0.5, 0.6) is 0 Å². The number of hydrogen-bond acceptors (Lipinski definition) is 11. The van der Waals surface area contributed by atoms with Gasteiger partial charge in [0.15, 0.2) is 23.3 Å². The minimum absolute atomic E-state index is 0.0490. The maximum atomic E-state index is 13.1. The summed E-state index contributed by atoms with van der Waals surface area (Å²) < 4.78 is 13.7. The number of anilines is 1. The molecule has 43 heavy (non-hydrogen) atoms. The van der Waals surface area contributed by atoms with E-state index < -0.39 is 41.7 Å². The highest BCUT2D eigenvalue weighted by molar-refractivity contribution is 7.09. The van der Waals surface area contributed by atoms with Gasteiger partial charge in [0, 0.05) is 11.8 Å². The molecule has 1 unspecified atom stereocenters. The topological polar surface area (TPSA) is 179 Å². The zero-order valence-electron chi connectivity index (χ0n) is 22.5. The van der Waals surface area contributed by atoms with Gasteiger partial charge >= 0.3 is 5.97 Å². The van der Waals surface area contributed by atoms with Crippen molar-refractivity contribution in [3.8, 4) is 11.1 Å². The number of aryl methyl sites for hydroxylation is 1. The first-order chi connectivity index (χ1) is 20.6. The lowest BCUT2D eigenvalue weighted by Crippen LogP contribution is -2.46. The maximum Gasteiger partial charge on any atom is 0.342 e.